The molecule has 0 heterocycles. The Morgan fingerprint density at radius 1 is 1.43 bits per heavy atom. The highest BCUT2D eigenvalue weighted by Gasteiger charge is 2.06. The predicted molar refractivity (Wildman–Crippen MR) is 56.8 cm³/mol. The van der Waals surface area contributed by atoms with E-state index in [1.54, 1.807) is 7.11 Å². The van der Waals surface area contributed by atoms with Gasteiger partial charge < -0.3 is 4.74 Å². The lowest BCUT2D eigenvalue weighted by Crippen LogP contribution is -1.99. The Morgan fingerprint density at radius 2 is 2.21 bits per heavy atom. The van der Waals surface area contributed by atoms with Gasteiger partial charge in [0.05, 0.1) is 7.11 Å². The molecule has 76 valence electrons. The first-order valence-electron chi connectivity index (χ1n) is 4.93. The highest BCUT2D eigenvalue weighted by Crippen LogP contribution is 2.13. The van der Waals surface area contributed by atoms with Crippen LogP contribution in [0.2, 0.25) is 0 Å². The molecule has 0 radical (unpaired) electrons. The second kappa shape index (κ2) is 5.43. The molecule has 0 aromatic rings. The van der Waals surface area contributed by atoms with Crippen LogP contribution in [-0.2, 0) is 9.53 Å². The second-order valence-electron chi connectivity index (χ2n) is 3.21. The van der Waals surface area contributed by atoms with Crippen molar-refractivity contribution < 1.29 is 9.53 Å². The zero-order valence-electron chi connectivity index (χ0n) is 8.75. The minimum Gasteiger partial charge on any atom is -0.497 e. The van der Waals surface area contributed by atoms with Crippen LogP contribution in [0, 0.1) is 0 Å². The van der Waals surface area contributed by atoms with E-state index < -0.39 is 0 Å². The number of methoxy groups -OCH3 is 1. The first kappa shape index (κ1) is 10.8. The Kier molecular flexibility index (Phi) is 4.17. The molecule has 0 bridgehead atoms. The minimum absolute atomic E-state index is 0.217. The zero-order valence-corrected chi connectivity index (χ0v) is 8.75. The smallest absolute Gasteiger partial charge is 0.162 e. The molecule has 14 heavy (non-hydrogen) atoms. The molecular formula is C12H16O2. The summed E-state index contributed by atoms with van der Waals surface area (Å²) in [6.45, 7) is 2.01. The van der Waals surface area contributed by atoms with Crippen molar-refractivity contribution in [2.75, 3.05) is 7.11 Å². The molecule has 2 nitrogen and oxygen atoms in total. The van der Waals surface area contributed by atoms with Gasteiger partial charge in [0.2, 0.25) is 0 Å². The van der Waals surface area contributed by atoms with Crippen molar-refractivity contribution in [3.63, 3.8) is 0 Å². The van der Waals surface area contributed by atoms with Gasteiger partial charge in [-0.15, -0.1) is 0 Å². The van der Waals surface area contributed by atoms with Gasteiger partial charge in [0.25, 0.3) is 0 Å². The van der Waals surface area contributed by atoms with Gasteiger partial charge in [0, 0.05) is 12.0 Å². The fourth-order valence-corrected chi connectivity index (χ4v) is 1.34. The molecule has 0 amide bonds. The van der Waals surface area contributed by atoms with Gasteiger partial charge in [0.1, 0.15) is 5.76 Å². The van der Waals surface area contributed by atoms with Crippen LogP contribution < -0.4 is 0 Å². The molecule has 0 aromatic heterocycles. The second-order valence-corrected chi connectivity index (χ2v) is 3.21. The van der Waals surface area contributed by atoms with E-state index in [1.807, 2.05) is 31.2 Å². The molecule has 0 spiro atoms. The van der Waals surface area contributed by atoms with Gasteiger partial charge in [-0.3, -0.25) is 4.79 Å². The Balaban J connectivity index is 2.67. The number of allylic oxidation sites excluding steroid dienone is 5. The van der Waals surface area contributed by atoms with Gasteiger partial charge in [-0.1, -0.05) is 13.0 Å². The monoisotopic (exact) mass is 192 g/mol. The highest BCUT2D eigenvalue weighted by molar-refractivity contribution is 5.98. The van der Waals surface area contributed by atoms with Crippen molar-refractivity contribution >= 4 is 5.78 Å². The maximum absolute atomic E-state index is 11.6. The van der Waals surface area contributed by atoms with Crippen LogP contribution in [0.1, 0.15) is 26.2 Å². The third-order valence-electron chi connectivity index (χ3n) is 2.12. The van der Waals surface area contributed by atoms with E-state index in [4.69, 9.17) is 4.74 Å². The number of Topliss-reactive ketones (excluding diaryl/α,β-unsaturated/α-hetero) is 1. The molecule has 0 unspecified atom stereocenters. The van der Waals surface area contributed by atoms with Gasteiger partial charge in [-0.25, -0.2) is 0 Å². The first-order valence-corrected chi connectivity index (χ1v) is 4.93. The van der Waals surface area contributed by atoms with Crippen LogP contribution in [0.4, 0.5) is 0 Å². The van der Waals surface area contributed by atoms with Gasteiger partial charge in [-0.05, 0) is 31.1 Å². The molecule has 0 aromatic carbocycles. The van der Waals surface area contributed by atoms with E-state index >= 15 is 0 Å². The third-order valence-corrected chi connectivity index (χ3v) is 2.12. The standard InChI is InChI=1S/C12H16O2/c1-3-5-12(13)10-6-4-7-11(14-2)9-8-10/h6-9H,3-5H2,1-2H3. The fourth-order valence-electron chi connectivity index (χ4n) is 1.34. The molecular weight excluding hydrogens is 176 g/mol. The van der Waals surface area contributed by atoms with Crippen molar-refractivity contribution in [1.82, 2.24) is 0 Å². The summed E-state index contributed by atoms with van der Waals surface area (Å²) in [6, 6.07) is 0. The molecule has 0 saturated carbocycles. The Morgan fingerprint density at radius 3 is 2.86 bits per heavy atom. The van der Waals surface area contributed by atoms with Crippen LogP contribution in [0.25, 0.3) is 0 Å². The minimum atomic E-state index is 0.217. The van der Waals surface area contributed by atoms with Crippen molar-refractivity contribution in [2.24, 2.45) is 0 Å². The Bertz CT molecular complexity index is 295. The fraction of sp³-hybridized carbons (Fsp3) is 0.417. The summed E-state index contributed by atoms with van der Waals surface area (Å²) < 4.78 is 5.09. The molecule has 0 fully saturated rings. The first-order chi connectivity index (χ1) is 6.77. The van der Waals surface area contributed by atoms with Crippen LogP contribution in [0.5, 0.6) is 0 Å². The number of carbonyl (C=O) groups excluding carboxylic acids is 1. The molecule has 0 saturated heterocycles. The quantitative estimate of drug-likeness (QED) is 0.684. The summed E-state index contributed by atoms with van der Waals surface area (Å²) in [5.74, 6) is 1.04. The van der Waals surface area contributed by atoms with Crippen LogP contribution in [0.3, 0.4) is 0 Å². The van der Waals surface area contributed by atoms with Gasteiger partial charge >= 0.3 is 0 Å². The zero-order chi connectivity index (χ0) is 10.4. The maximum Gasteiger partial charge on any atom is 0.162 e. The van der Waals surface area contributed by atoms with E-state index in [-0.39, 0.29) is 5.78 Å². The third kappa shape index (κ3) is 2.87. The molecule has 1 aliphatic rings. The SMILES string of the molecule is CCCC(=O)C1=CCC=C(OC)C=C1. The summed E-state index contributed by atoms with van der Waals surface area (Å²) in [4.78, 5) is 11.6. The number of ether oxygens (including phenoxy) is 1. The number of hydrogen-bond acceptors (Lipinski definition) is 2. The topological polar surface area (TPSA) is 26.3 Å². The lowest BCUT2D eigenvalue weighted by atomic mass is 10.1. The average molecular weight is 192 g/mol. The Hall–Kier alpha value is -1.31. The van der Waals surface area contributed by atoms with Crippen molar-refractivity contribution in [3.8, 4) is 0 Å². The largest absolute Gasteiger partial charge is 0.497 e. The van der Waals surface area contributed by atoms with Crippen LogP contribution in [-0.4, -0.2) is 12.9 Å². The van der Waals surface area contributed by atoms with Crippen LogP contribution in [0.15, 0.2) is 35.6 Å². The molecule has 1 aliphatic carbocycles. The van der Waals surface area contributed by atoms with E-state index in [9.17, 15) is 4.79 Å². The lowest BCUT2D eigenvalue weighted by molar-refractivity contribution is -0.115. The van der Waals surface area contributed by atoms with Gasteiger partial charge in [-0.2, -0.15) is 0 Å². The number of hydrogen-bond donors (Lipinski definition) is 0. The van der Waals surface area contributed by atoms with E-state index in [2.05, 4.69) is 0 Å². The van der Waals surface area contributed by atoms with Crippen molar-refractivity contribution in [3.05, 3.63) is 35.6 Å². The summed E-state index contributed by atoms with van der Waals surface area (Å²) in [5, 5.41) is 0. The maximum atomic E-state index is 11.6. The number of ketones is 1. The normalized spacial score (nSPS) is 15.6. The highest BCUT2D eigenvalue weighted by atomic mass is 16.5. The molecule has 0 N–H and O–H groups in total. The molecule has 1 rings (SSSR count). The van der Waals surface area contributed by atoms with Gasteiger partial charge in [0.15, 0.2) is 5.78 Å². The summed E-state index contributed by atoms with van der Waals surface area (Å²) in [7, 11) is 1.63. The molecule has 0 atom stereocenters. The van der Waals surface area contributed by atoms with E-state index in [0.717, 1.165) is 24.2 Å². The summed E-state index contributed by atoms with van der Waals surface area (Å²) in [6.07, 6.45) is 9.87. The summed E-state index contributed by atoms with van der Waals surface area (Å²) in [5.41, 5.74) is 0.801. The van der Waals surface area contributed by atoms with Crippen molar-refractivity contribution in [1.29, 1.82) is 0 Å². The molecule has 2 heteroatoms. The lowest BCUT2D eigenvalue weighted by Gasteiger charge is -1.98. The molecule has 0 aliphatic heterocycles. The predicted octanol–water partition coefficient (Wildman–Crippen LogP) is 2.77. The number of rotatable bonds is 4. The van der Waals surface area contributed by atoms with E-state index in [1.165, 1.54) is 0 Å². The van der Waals surface area contributed by atoms with Crippen LogP contribution >= 0.6 is 0 Å². The average Bonchev–Trinajstić information content (AvgIpc) is 2.42. The van der Waals surface area contributed by atoms with Crippen molar-refractivity contribution in [2.45, 2.75) is 26.2 Å². The van der Waals surface area contributed by atoms with E-state index in [0.29, 0.717) is 6.42 Å². The summed E-state index contributed by atoms with van der Waals surface area (Å²) >= 11 is 0. The number of carbonyl (C=O) groups is 1. The Labute approximate surface area is 85.0 Å².